The van der Waals surface area contributed by atoms with Crippen LogP contribution in [0.3, 0.4) is 0 Å². The minimum absolute atomic E-state index is 0. The predicted molar refractivity (Wildman–Crippen MR) is 54.2 cm³/mol. The van der Waals surface area contributed by atoms with Crippen LogP contribution in [-0.4, -0.2) is 6.54 Å². The van der Waals surface area contributed by atoms with Crippen LogP contribution >= 0.6 is 12.4 Å². The van der Waals surface area contributed by atoms with Crippen molar-refractivity contribution >= 4 is 12.4 Å². The molecule has 2 N–H and O–H groups in total. The van der Waals surface area contributed by atoms with Crippen LogP contribution < -0.4 is 5.73 Å². The Morgan fingerprint density at radius 2 is 1.73 bits per heavy atom. The number of unbranched alkanes of at least 4 members (excludes halogenated alkanes) is 1. The highest BCUT2D eigenvalue weighted by Gasteiger charge is 1.98. The van der Waals surface area contributed by atoms with Crippen molar-refractivity contribution in [2.45, 2.75) is 46.0 Å². The van der Waals surface area contributed by atoms with Crippen molar-refractivity contribution in [3.63, 3.8) is 0 Å². The summed E-state index contributed by atoms with van der Waals surface area (Å²) in [5.74, 6) is 0.892. The lowest BCUT2D eigenvalue weighted by molar-refractivity contribution is 0.460. The Hall–Kier alpha value is 0.250. The SMILES string of the molecule is CCCCC(C)CCCN.Cl. The summed E-state index contributed by atoms with van der Waals surface area (Å²) in [6.45, 7) is 5.43. The Morgan fingerprint density at radius 1 is 1.18 bits per heavy atom. The van der Waals surface area contributed by atoms with E-state index in [0.29, 0.717) is 0 Å². The number of rotatable bonds is 6. The number of halogens is 1. The van der Waals surface area contributed by atoms with E-state index in [1.807, 2.05) is 0 Å². The topological polar surface area (TPSA) is 26.0 Å². The fraction of sp³-hybridized carbons (Fsp3) is 1.00. The first kappa shape index (κ1) is 13.8. The number of hydrogen-bond acceptors (Lipinski definition) is 1. The Bertz CT molecular complexity index is 58.6. The second-order valence-corrected chi connectivity index (χ2v) is 3.18. The zero-order valence-electron chi connectivity index (χ0n) is 7.81. The molecule has 0 aromatic carbocycles. The average Bonchev–Trinajstić information content (AvgIpc) is 1.97. The highest BCUT2D eigenvalue weighted by molar-refractivity contribution is 5.85. The van der Waals surface area contributed by atoms with Gasteiger partial charge in [0, 0.05) is 0 Å². The predicted octanol–water partition coefficient (Wildman–Crippen LogP) is 2.97. The Balaban J connectivity index is 0. The van der Waals surface area contributed by atoms with Crippen LogP contribution in [0.2, 0.25) is 0 Å². The average molecular weight is 180 g/mol. The first-order valence-corrected chi connectivity index (χ1v) is 4.51. The molecule has 1 unspecified atom stereocenters. The van der Waals surface area contributed by atoms with E-state index in [2.05, 4.69) is 13.8 Å². The molecular formula is C9H22ClN. The quantitative estimate of drug-likeness (QED) is 0.667. The van der Waals surface area contributed by atoms with Gasteiger partial charge in [-0.25, -0.2) is 0 Å². The molecule has 70 valence electrons. The van der Waals surface area contributed by atoms with Gasteiger partial charge in [0.1, 0.15) is 0 Å². The molecule has 0 saturated heterocycles. The largest absolute Gasteiger partial charge is 0.330 e. The van der Waals surface area contributed by atoms with Gasteiger partial charge in [-0.1, -0.05) is 33.1 Å². The van der Waals surface area contributed by atoms with E-state index in [0.717, 1.165) is 12.5 Å². The molecule has 0 bridgehead atoms. The van der Waals surface area contributed by atoms with Gasteiger partial charge in [0.15, 0.2) is 0 Å². The van der Waals surface area contributed by atoms with Crippen molar-refractivity contribution in [1.82, 2.24) is 0 Å². The molecule has 0 aromatic heterocycles. The lowest BCUT2D eigenvalue weighted by atomic mass is 9.99. The van der Waals surface area contributed by atoms with E-state index >= 15 is 0 Å². The third-order valence-corrected chi connectivity index (χ3v) is 1.95. The van der Waals surface area contributed by atoms with Crippen molar-refractivity contribution in [3.05, 3.63) is 0 Å². The fourth-order valence-corrected chi connectivity index (χ4v) is 1.16. The maximum absolute atomic E-state index is 5.41. The zero-order chi connectivity index (χ0) is 7.82. The first-order valence-electron chi connectivity index (χ1n) is 4.51. The van der Waals surface area contributed by atoms with Gasteiger partial charge in [-0.05, 0) is 25.3 Å². The zero-order valence-corrected chi connectivity index (χ0v) is 8.62. The van der Waals surface area contributed by atoms with Crippen molar-refractivity contribution in [2.75, 3.05) is 6.54 Å². The monoisotopic (exact) mass is 179 g/mol. The fourth-order valence-electron chi connectivity index (χ4n) is 1.16. The minimum atomic E-state index is 0. The highest BCUT2D eigenvalue weighted by Crippen LogP contribution is 2.12. The molecule has 11 heavy (non-hydrogen) atoms. The molecule has 2 heteroatoms. The molecule has 0 amide bonds. The van der Waals surface area contributed by atoms with Crippen LogP contribution in [0.15, 0.2) is 0 Å². The lowest BCUT2D eigenvalue weighted by Gasteiger charge is -2.08. The van der Waals surface area contributed by atoms with Crippen LogP contribution in [0, 0.1) is 5.92 Å². The van der Waals surface area contributed by atoms with Crippen molar-refractivity contribution in [3.8, 4) is 0 Å². The summed E-state index contributed by atoms with van der Waals surface area (Å²) in [5.41, 5.74) is 5.41. The van der Waals surface area contributed by atoms with E-state index in [4.69, 9.17) is 5.73 Å². The standard InChI is InChI=1S/C9H21N.ClH/c1-3-4-6-9(2)7-5-8-10;/h9H,3-8,10H2,1-2H3;1H. The first-order chi connectivity index (χ1) is 4.81. The molecular weight excluding hydrogens is 158 g/mol. The molecule has 0 aromatic rings. The van der Waals surface area contributed by atoms with Crippen LogP contribution in [-0.2, 0) is 0 Å². The number of hydrogen-bond donors (Lipinski definition) is 1. The summed E-state index contributed by atoms with van der Waals surface area (Å²) in [5, 5.41) is 0. The second kappa shape index (κ2) is 10.2. The third-order valence-electron chi connectivity index (χ3n) is 1.95. The van der Waals surface area contributed by atoms with Gasteiger partial charge < -0.3 is 5.73 Å². The van der Waals surface area contributed by atoms with E-state index in [1.165, 1.54) is 32.1 Å². The summed E-state index contributed by atoms with van der Waals surface area (Å²) in [6.07, 6.45) is 6.61. The molecule has 0 spiro atoms. The summed E-state index contributed by atoms with van der Waals surface area (Å²) in [7, 11) is 0. The molecule has 0 aliphatic carbocycles. The summed E-state index contributed by atoms with van der Waals surface area (Å²) in [4.78, 5) is 0. The van der Waals surface area contributed by atoms with E-state index in [9.17, 15) is 0 Å². The highest BCUT2D eigenvalue weighted by atomic mass is 35.5. The second-order valence-electron chi connectivity index (χ2n) is 3.18. The lowest BCUT2D eigenvalue weighted by Crippen LogP contribution is -2.02. The van der Waals surface area contributed by atoms with Gasteiger partial charge in [0.2, 0.25) is 0 Å². The summed E-state index contributed by atoms with van der Waals surface area (Å²) in [6, 6.07) is 0. The van der Waals surface area contributed by atoms with Gasteiger partial charge in [0.05, 0.1) is 0 Å². The normalized spacial score (nSPS) is 12.3. The van der Waals surface area contributed by atoms with Crippen molar-refractivity contribution in [2.24, 2.45) is 11.7 Å². The van der Waals surface area contributed by atoms with E-state index in [-0.39, 0.29) is 12.4 Å². The molecule has 0 heterocycles. The van der Waals surface area contributed by atoms with Gasteiger partial charge in [-0.15, -0.1) is 12.4 Å². The molecule has 0 rings (SSSR count). The van der Waals surface area contributed by atoms with Gasteiger partial charge in [0.25, 0.3) is 0 Å². The van der Waals surface area contributed by atoms with Gasteiger partial charge in [-0.3, -0.25) is 0 Å². The molecule has 0 aliphatic rings. The van der Waals surface area contributed by atoms with Gasteiger partial charge >= 0.3 is 0 Å². The smallest absolute Gasteiger partial charge is 0.00772 e. The summed E-state index contributed by atoms with van der Waals surface area (Å²) < 4.78 is 0. The molecule has 0 saturated carbocycles. The number of nitrogens with two attached hydrogens (primary N) is 1. The van der Waals surface area contributed by atoms with Crippen molar-refractivity contribution < 1.29 is 0 Å². The Morgan fingerprint density at radius 3 is 2.18 bits per heavy atom. The van der Waals surface area contributed by atoms with Crippen LogP contribution in [0.25, 0.3) is 0 Å². The Kier molecular flexibility index (Phi) is 12.9. The maximum atomic E-state index is 5.41. The summed E-state index contributed by atoms with van der Waals surface area (Å²) >= 11 is 0. The van der Waals surface area contributed by atoms with Gasteiger partial charge in [-0.2, -0.15) is 0 Å². The Labute approximate surface area is 77.2 Å². The molecule has 0 radical (unpaired) electrons. The van der Waals surface area contributed by atoms with E-state index in [1.54, 1.807) is 0 Å². The molecule has 0 fully saturated rings. The third kappa shape index (κ3) is 10.2. The van der Waals surface area contributed by atoms with E-state index < -0.39 is 0 Å². The van der Waals surface area contributed by atoms with Crippen LogP contribution in [0.5, 0.6) is 0 Å². The molecule has 1 nitrogen and oxygen atoms in total. The van der Waals surface area contributed by atoms with Crippen LogP contribution in [0.4, 0.5) is 0 Å². The van der Waals surface area contributed by atoms with Crippen molar-refractivity contribution in [1.29, 1.82) is 0 Å². The molecule has 0 aliphatic heterocycles. The maximum Gasteiger partial charge on any atom is -0.00772 e. The minimum Gasteiger partial charge on any atom is -0.330 e. The van der Waals surface area contributed by atoms with Crippen LogP contribution in [0.1, 0.15) is 46.0 Å². The molecule has 1 atom stereocenters.